The van der Waals surface area contributed by atoms with Crippen molar-refractivity contribution in [2.24, 2.45) is 11.5 Å². The van der Waals surface area contributed by atoms with E-state index in [0.29, 0.717) is 12.8 Å². The first-order valence-corrected chi connectivity index (χ1v) is 13.7. The number of fused-ring (bicyclic) bond motifs is 1. The molecule has 2 atom stereocenters. The lowest BCUT2D eigenvalue weighted by Crippen LogP contribution is -2.47. The van der Waals surface area contributed by atoms with E-state index in [2.05, 4.69) is 15.5 Å². The second-order valence-electron chi connectivity index (χ2n) is 10.9. The van der Waals surface area contributed by atoms with Crippen LogP contribution < -0.4 is 16.8 Å². The maximum atomic E-state index is 13.8. The quantitative estimate of drug-likeness (QED) is 0.208. The van der Waals surface area contributed by atoms with Crippen molar-refractivity contribution in [2.45, 2.75) is 44.3 Å². The molecule has 1 aromatic heterocycles. The van der Waals surface area contributed by atoms with E-state index in [4.69, 9.17) is 15.9 Å². The predicted octanol–water partition coefficient (Wildman–Crippen LogP) is 3.13. The first-order chi connectivity index (χ1) is 20.0. The van der Waals surface area contributed by atoms with Crippen LogP contribution in [0.5, 0.6) is 0 Å². The highest BCUT2D eigenvalue weighted by Gasteiger charge is 2.28. The summed E-state index contributed by atoms with van der Waals surface area (Å²) in [5, 5.41) is 13.1. The number of primary amides is 1. The SMILES string of the molecule is CN(C(=O)C=CC(C)(C)N)[C@H](Cc1ccc2ccccc2c1)C(=O)CN[C@H](Cc1ccccc1)c1nnc(C(N)=O)o1. The fourth-order valence-corrected chi connectivity index (χ4v) is 4.53. The summed E-state index contributed by atoms with van der Waals surface area (Å²) in [6, 6.07) is 22.2. The van der Waals surface area contributed by atoms with Crippen molar-refractivity contribution in [3.63, 3.8) is 0 Å². The Bertz CT molecular complexity index is 1570. The number of benzene rings is 3. The summed E-state index contributed by atoms with van der Waals surface area (Å²) >= 11 is 0. The van der Waals surface area contributed by atoms with Crippen molar-refractivity contribution >= 4 is 28.4 Å². The van der Waals surface area contributed by atoms with Crippen molar-refractivity contribution in [1.82, 2.24) is 20.4 Å². The Hall–Kier alpha value is -4.67. The highest BCUT2D eigenvalue weighted by Crippen LogP contribution is 2.20. The third-order valence-electron chi connectivity index (χ3n) is 6.84. The van der Waals surface area contributed by atoms with Gasteiger partial charge in [-0.05, 0) is 42.2 Å². The predicted molar refractivity (Wildman–Crippen MR) is 160 cm³/mol. The van der Waals surface area contributed by atoms with Gasteiger partial charge in [0, 0.05) is 25.1 Å². The molecular formula is C32H36N6O4. The number of hydrogen-bond donors (Lipinski definition) is 3. The monoisotopic (exact) mass is 568 g/mol. The number of nitrogens with one attached hydrogen (secondary N) is 1. The van der Waals surface area contributed by atoms with Gasteiger partial charge in [-0.1, -0.05) is 78.9 Å². The van der Waals surface area contributed by atoms with Crippen LogP contribution in [0.15, 0.2) is 89.4 Å². The molecule has 10 nitrogen and oxygen atoms in total. The third kappa shape index (κ3) is 8.18. The molecule has 0 saturated carbocycles. The molecule has 218 valence electrons. The zero-order chi connectivity index (χ0) is 30.3. The summed E-state index contributed by atoms with van der Waals surface area (Å²) in [6.45, 7) is 3.46. The molecule has 0 bridgehead atoms. The molecule has 4 aromatic rings. The largest absolute Gasteiger partial charge is 0.415 e. The third-order valence-corrected chi connectivity index (χ3v) is 6.84. The number of carbonyl (C=O) groups excluding carboxylic acids is 3. The Morgan fingerprint density at radius 1 is 0.952 bits per heavy atom. The maximum Gasteiger partial charge on any atom is 0.306 e. The fraction of sp³-hybridized carbons (Fsp3) is 0.281. The molecule has 3 aromatic carbocycles. The van der Waals surface area contributed by atoms with Crippen LogP contribution in [0.1, 0.15) is 47.6 Å². The van der Waals surface area contributed by atoms with Gasteiger partial charge in [0.25, 0.3) is 0 Å². The van der Waals surface area contributed by atoms with Gasteiger partial charge in [0.1, 0.15) is 0 Å². The van der Waals surface area contributed by atoms with Gasteiger partial charge >= 0.3 is 11.8 Å². The second-order valence-corrected chi connectivity index (χ2v) is 10.9. The first kappa shape index (κ1) is 30.3. The number of nitrogens with two attached hydrogens (primary N) is 2. The first-order valence-electron chi connectivity index (χ1n) is 13.7. The molecule has 0 saturated heterocycles. The number of hydrogen-bond acceptors (Lipinski definition) is 8. The smallest absolute Gasteiger partial charge is 0.306 e. The maximum absolute atomic E-state index is 13.8. The number of Topliss-reactive ketones (excluding diaryl/α,β-unsaturated/α-hetero) is 1. The van der Waals surface area contributed by atoms with Crippen LogP contribution in [0.3, 0.4) is 0 Å². The van der Waals surface area contributed by atoms with Gasteiger partial charge in [-0.25, -0.2) is 0 Å². The number of rotatable bonds is 13. The van der Waals surface area contributed by atoms with E-state index in [1.54, 1.807) is 27.0 Å². The van der Waals surface area contributed by atoms with Crippen molar-refractivity contribution < 1.29 is 18.8 Å². The standard InChI is InChI=1S/C32H36N6O4/c1-32(2,34)16-15-28(40)38(3)26(19-22-13-14-23-11-7-8-12-24(23)17-22)27(39)20-35-25(18-21-9-5-4-6-10-21)30-36-37-31(42-30)29(33)41/h4-17,25-26,35H,18-20,34H2,1-3H3,(H2,33,41)/t25-,26-/m1/s1. The topological polar surface area (TPSA) is 157 Å². The fourth-order valence-electron chi connectivity index (χ4n) is 4.53. The number of likely N-dealkylation sites (N-methyl/N-ethyl adjacent to an activating group) is 1. The van der Waals surface area contributed by atoms with Crippen LogP contribution in [0.4, 0.5) is 0 Å². The number of amides is 2. The average molecular weight is 569 g/mol. The van der Waals surface area contributed by atoms with E-state index in [-0.39, 0.29) is 30.0 Å². The highest BCUT2D eigenvalue weighted by atomic mass is 16.4. The lowest BCUT2D eigenvalue weighted by molar-refractivity contribution is -0.134. The van der Waals surface area contributed by atoms with Gasteiger partial charge < -0.3 is 20.8 Å². The van der Waals surface area contributed by atoms with E-state index >= 15 is 0 Å². The molecular weight excluding hydrogens is 532 g/mol. The van der Waals surface area contributed by atoms with Crippen molar-refractivity contribution in [3.05, 3.63) is 108 Å². The summed E-state index contributed by atoms with van der Waals surface area (Å²) in [6.07, 6.45) is 3.73. The van der Waals surface area contributed by atoms with Gasteiger partial charge in [0.05, 0.1) is 18.6 Å². The minimum absolute atomic E-state index is 0.103. The Morgan fingerprint density at radius 3 is 2.31 bits per heavy atom. The van der Waals surface area contributed by atoms with E-state index in [1.807, 2.05) is 72.8 Å². The Labute approximate surface area is 244 Å². The summed E-state index contributed by atoms with van der Waals surface area (Å²) in [4.78, 5) is 40.0. The van der Waals surface area contributed by atoms with Crippen LogP contribution >= 0.6 is 0 Å². The Kier molecular flexibility index (Phi) is 9.61. The van der Waals surface area contributed by atoms with Gasteiger partial charge in [-0.3, -0.25) is 19.7 Å². The number of ketones is 1. The lowest BCUT2D eigenvalue weighted by Gasteiger charge is -2.28. The van der Waals surface area contributed by atoms with Gasteiger partial charge in [0.15, 0.2) is 5.78 Å². The molecule has 5 N–H and O–H groups in total. The highest BCUT2D eigenvalue weighted by molar-refractivity contribution is 5.94. The molecule has 0 aliphatic heterocycles. The minimum Gasteiger partial charge on any atom is -0.415 e. The molecule has 0 aliphatic carbocycles. The second kappa shape index (κ2) is 13.3. The molecule has 2 amide bonds. The van der Waals surface area contributed by atoms with E-state index in [0.717, 1.165) is 21.9 Å². The van der Waals surface area contributed by atoms with Gasteiger partial charge in [-0.2, -0.15) is 0 Å². The normalized spacial score (nSPS) is 13.2. The van der Waals surface area contributed by atoms with Crippen LogP contribution in [0, 0.1) is 0 Å². The lowest BCUT2D eigenvalue weighted by atomic mass is 9.97. The van der Waals surface area contributed by atoms with E-state index in [9.17, 15) is 14.4 Å². The molecule has 0 radical (unpaired) electrons. The van der Waals surface area contributed by atoms with Crippen LogP contribution in [-0.4, -0.2) is 57.9 Å². The molecule has 42 heavy (non-hydrogen) atoms. The number of nitrogens with zero attached hydrogens (tertiary/aromatic N) is 3. The summed E-state index contributed by atoms with van der Waals surface area (Å²) in [7, 11) is 1.61. The zero-order valence-corrected chi connectivity index (χ0v) is 24.0. The molecule has 0 fully saturated rings. The summed E-state index contributed by atoms with van der Waals surface area (Å²) in [5.74, 6) is -1.58. The number of aromatic nitrogens is 2. The number of carbonyl (C=O) groups is 3. The van der Waals surface area contributed by atoms with Crippen LogP contribution in [-0.2, 0) is 22.4 Å². The Balaban J connectivity index is 1.58. The molecule has 0 aliphatic rings. The van der Waals surface area contributed by atoms with E-state index < -0.39 is 23.5 Å². The van der Waals surface area contributed by atoms with Crippen molar-refractivity contribution in [3.8, 4) is 0 Å². The van der Waals surface area contributed by atoms with Crippen LogP contribution in [0.25, 0.3) is 10.8 Å². The van der Waals surface area contributed by atoms with Crippen molar-refractivity contribution in [2.75, 3.05) is 13.6 Å². The zero-order valence-electron chi connectivity index (χ0n) is 24.0. The molecule has 10 heteroatoms. The molecule has 4 rings (SSSR count). The average Bonchev–Trinajstić information content (AvgIpc) is 3.47. The summed E-state index contributed by atoms with van der Waals surface area (Å²) < 4.78 is 5.50. The van der Waals surface area contributed by atoms with Crippen molar-refractivity contribution in [1.29, 1.82) is 0 Å². The Morgan fingerprint density at radius 2 is 1.64 bits per heavy atom. The minimum atomic E-state index is -0.840. The summed E-state index contributed by atoms with van der Waals surface area (Å²) in [5.41, 5.74) is 12.5. The van der Waals surface area contributed by atoms with Gasteiger partial charge in [-0.15, -0.1) is 10.2 Å². The van der Waals surface area contributed by atoms with Gasteiger partial charge in [0.2, 0.25) is 11.8 Å². The molecule has 1 heterocycles. The van der Waals surface area contributed by atoms with Crippen LogP contribution in [0.2, 0.25) is 0 Å². The van der Waals surface area contributed by atoms with E-state index in [1.165, 1.54) is 11.0 Å². The molecule has 0 unspecified atom stereocenters. The molecule has 0 spiro atoms.